The summed E-state index contributed by atoms with van der Waals surface area (Å²) in [6.07, 6.45) is 4.20. The van der Waals surface area contributed by atoms with Gasteiger partial charge in [-0.1, -0.05) is 25.1 Å². The standard InChI is InChI=1S/C17H21NO3/c1-2-17(16(19)20)8-5-9-18(12-17)10-13-11-21-15-7-4-3-6-14(13)15/h3-4,6-7,11H,2,5,8-10,12H2,1H3,(H,19,20). The second kappa shape index (κ2) is 5.53. The molecule has 1 aromatic carbocycles. The Balaban J connectivity index is 1.80. The molecule has 0 aliphatic carbocycles. The summed E-state index contributed by atoms with van der Waals surface area (Å²) in [5.74, 6) is -0.660. The molecule has 1 unspecified atom stereocenters. The Bertz CT molecular complexity index is 648. The van der Waals surface area contributed by atoms with Crippen LogP contribution < -0.4 is 0 Å². The van der Waals surface area contributed by atoms with Crippen LogP contribution in [0.15, 0.2) is 34.9 Å². The maximum Gasteiger partial charge on any atom is 0.310 e. The third-order valence-electron chi connectivity index (χ3n) is 4.74. The van der Waals surface area contributed by atoms with Crippen LogP contribution >= 0.6 is 0 Å². The summed E-state index contributed by atoms with van der Waals surface area (Å²) in [4.78, 5) is 13.9. The summed E-state index contributed by atoms with van der Waals surface area (Å²) in [7, 11) is 0. The van der Waals surface area contributed by atoms with E-state index in [0.717, 1.165) is 42.5 Å². The van der Waals surface area contributed by atoms with Crippen LogP contribution in [-0.4, -0.2) is 29.1 Å². The largest absolute Gasteiger partial charge is 0.481 e. The van der Waals surface area contributed by atoms with Crippen LogP contribution in [0.3, 0.4) is 0 Å². The van der Waals surface area contributed by atoms with Gasteiger partial charge in [-0.3, -0.25) is 9.69 Å². The van der Waals surface area contributed by atoms with E-state index in [-0.39, 0.29) is 0 Å². The average molecular weight is 287 g/mol. The highest BCUT2D eigenvalue weighted by atomic mass is 16.4. The van der Waals surface area contributed by atoms with Gasteiger partial charge in [-0.25, -0.2) is 0 Å². The Hall–Kier alpha value is -1.81. The summed E-state index contributed by atoms with van der Waals surface area (Å²) in [5.41, 5.74) is 1.45. The predicted octanol–water partition coefficient (Wildman–Crippen LogP) is 3.51. The first-order chi connectivity index (χ1) is 10.1. The van der Waals surface area contributed by atoms with E-state index in [1.165, 1.54) is 0 Å². The lowest BCUT2D eigenvalue weighted by molar-refractivity contribution is -0.153. The Morgan fingerprint density at radius 2 is 2.24 bits per heavy atom. The Kier molecular flexibility index (Phi) is 3.72. The zero-order valence-corrected chi connectivity index (χ0v) is 12.3. The van der Waals surface area contributed by atoms with Gasteiger partial charge < -0.3 is 9.52 Å². The van der Waals surface area contributed by atoms with Crippen LogP contribution in [0.4, 0.5) is 0 Å². The molecule has 0 amide bonds. The summed E-state index contributed by atoms with van der Waals surface area (Å²) in [6.45, 7) is 4.31. The number of para-hydroxylation sites is 1. The van der Waals surface area contributed by atoms with Gasteiger partial charge in [0.05, 0.1) is 11.7 Å². The monoisotopic (exact) mass is 287 g/mol. The third kappa shape index (κ3) is 2.56. The molecule has 1 atom stereocenters. The molecule has 1 aliphatic rings. The zero-order valence-electron chi connectivity index (χ0n) is 12.3. The summed E-state index contributed by atoms with van der Waals surface area (Å²) in [6, 6.07) is 7.99. The molecule has 3 rings (SSSR count). The SMILES string of the molecule is CCC1(C(=O)O)CCCN(Cc2coc3ccccc23)C1. The number of fused-ring (bicyclic) bond motifs is 1. The van der Waals surface area contributed by atoms with Crippen molar-refractivity contribution in [1.82, 2.24) is 4.90 Å². The number of piperidine rings is 1. The summed E-state index contributed by atoms with van der Waals surface area (Å²) < 4.78 is 5.57. The van der Waals surface area contributed by atoms with Gasteiger partial charge in [0.1, 0.15) is 5.58 Å². The van der Waals surface area contributed by atoms with Crippen LogP contribution in [0.5, 0.6) is 0 Å². The van der Waals surface area contributed by atoms with Gasteiger partial charge >= 0.3 is 5.97 Å². The first-order valence-electron chi connectivity index (χ1n) is 7.55. The van der Waals surface area contributed by atoms with Crippen molar-refractivity contribution in [2.45, 2.75) is 32.7 Å². The Morgan fingerprint density at radius 1 is 1.43 bits per heavy atom. The van der Waals surface area contributed by atoms with Crippen molar-refractivity contribution in [3.8, 4) is 0 Å². The number of likely N-dealkylation sites (tertiary alicyclic amines) is 1. The highest BCUT2D eigenvalue weighted by Crippen LogP contribution is 2.35. The number of carbonyl (C=O) groups is 1. The number of benzene rings is 1. The van der Waals surface area contributed by atoms with Gasteiger partial charge in [-0.05, 0) is 31.9 Å². The van der Waals surface area contributed by atoms with Crippen molar-refractivity contribution < 1.29 is 14.3 Å². The smallest absolute Gasteiger partial charge is 0.310 e. The minimum Gasteiger partial charge on any atom is -0.481 e. The van der Waals surface area contributed by atoms with E-state index in [9.17, 15) is 9.90 Å². The fraction of sp³-hybridized carbons (Fsp3) is 0.471. The topological polar surface area (TPSA) is 53.7 Å². The Labute approximate surface area is 124 Å². The molecule has 2 aromatic rings. The third-order valence-corrected chi connectivity index (χ3v) is 4.74. The second-order valence-electron chi connectivity index (χ2n) is 6.01. The lowest BCUT2D eigenvalue weighted by Crippen LogP contribution is -2.47. The summed E-state index contributed by atoms with van der Waals surface area (Å²) >= 11 is 0. The molecule has 1 N–H and O–H groups in total. The number of carboxylic acid groups (broad SMARTS) is 1. The molecular formula is C17H21NO3. The maximum absolute atomic E-state index is 11.6. The van der Waals surface area contributed by atoms with E-state index >= 15 is 0 Å². The van der Waals surface area contributed by atoms with Gasteiger partial charge in [0.15, 0.2) is 0 Å². The molecule has 2 heterocycles. The van der Waals surface area contributed by atoms with Gasteiger partial charge in [-0.2, -0.15) is 0 Å². The molecule has 21 heavy (non-hydrogen) atoms. The first kappa shape index (κ1) is 14.1. The van der Waals surface area contributed by atoms with E-state index < -0.39 is 11.4 Å². The molecule has 1 aromatic heterocycles. The number of hydrogen-bond acceptors (Lipinski definition) is 3. The Morgan fingerprint density at radius 3 is 3.00 bits per heavy atom. The van der Waals surface area contributed by atoms with E-state index in [1.54, 1.807) is 6.26 Å². The molecule has 1 aliphatic heterocycles. The average Bonchev–Trinajstić information content (AvgIpc) is 2.90. The van der Waals surface area contributed by atoms with E-state index in [0.29, 0.717) is 13.0 Å². The van der Waals surface area contributed by atoms with Crippen molar-refractivity contribution in [2.24, 2.45) is 5.41 Å². The second-order valence-corrected chi connectivity index (χ2v) is 6.01. The van der Waals surface area contributed by atoms with Crippen molar-refractivity contribution in [3.63, 3.8) is 0 Å². The fourth-order valence-electron chi connectivity index (χ4n) is 3.37. The number of hydrogen-bond donors (Lipinski definition) is 1. The highest BCUT2D eigenvalue weighted by Gasteiger charge is 2.40. The van der Waals surface area contributed by atoms with Crippen LogP contribution in [0.1, 0.15) is 31.7 Å². The number of nitrogens with zero attached hydrogens (tertiary/aromatic N) is 1. The maximum atomic E-state index is 11.6. The van der Waals surface area contributed by atoms with Crippen LogP contribution in [0.25, 0.3) is 11.0 Å². The minimum absolute atomic E-state index is 0.586. The number of carboxylic acids is 1. The van der Waals surface area contributed by atoms with Crippen LogP contribution in [0.2, 0.25) is 0 Å². The first-order valence-corrected chi connectivity index (χ1v) is 7.55. The summed E-state index contributed by atoms with van der Waals surface area (Å²) in [5, 5.41) is 10.7. The van der Waals surface area contributed by atoms with Gasteiger partial charge in [-0.15, -0.1) is 0 Å². The van der Waals surface area contributed by atoms with Crippen LogP contribution in [-0.2, 0) is 11.3 Å². The normalized spacial score (nSPS) is 23.5. The minimum atomic E-state index is -0.660. The quantitative estimate of drug-likeness (QED) is 0.935. The molecule has 1 fully saturated rings. The zero-order chi connectivity index (χ0) is 14.9. The van der Waals surface area contributed by atoms with E-state index in [2.05, 4.69) is 11.0 Å². The molecule has 0 saturated carbocycles. The van der Waals surface area contributed by atoms with Gasteiger partial charge in [0.25, 0.3) is 0 Å². The molecular weight excluding hydrogens is 266 g/mol. The van der Waals surface area contributed by atoms with Crippen molar-refractivity contribution in [1.29, 1.82) is 0 Å². The van der Waals surface area contributed by atoms with Crippen LogP contribution in [0, 0.1) is 5.41 Å². The van der Waals surface area contributed by atoms with Gasteiger partial charge in [0, 0.05) is 24.0 Å². The molecule has 4 heteroatoms. The molecule has 112 valence electrons. The number of furan rings is 1. The van der Waals surface area contributed by atoms with Gasteiger partial charge in [0.2, 0.25) is 0 Å². The molecule has 1 saturated heterocycles. The fourth-order valence-corrected chi connectivity index (χ4v) is 3.37. The lowest BCUT2D eigenvalue weighted by atomic mass is 9.77. The predicted molar refractivity (Wildman–Crippen MR) is 81.1 cm³/mol. The van der Waals surface area contributed by atoms with Crippen molar-refractivity contribution in [2.75, 3.05) is 13.1 Å². The van der Waals surface area contributed by atoms with Crippen molar-refractivity contribution in [3.05, 3.63) is 36.1 Å². The molecule has 0 spiro atoms. The molecule has 4 nitrogen and oxygen atoms in total. The van der Waals surface area contributed by atoms with E-state index in [1.807, 2.05) is 25.1 Å². The van der Waals surface area contributed by atoms with Crippen molar-refractivity contribution >= 4 is 16.9 Å². The van der Waals surface area contributed by atoms with E-state index in [4.69, 9.17) is 4.42 Å². The highest BCUT2D eigenvalue weighted by molar-refractivity contribution is 5.80. The lowest BCUT2D eigenvalue weighted by Gasteiger charge is -2.39. The molecule has 0 radical (unpaired) electrons. The number of aliphatic carboxylic acids is 1. The molecule has 0 bridgehead atoms. The number of rotatable bonds is 4.